The summed E-state index contributed by atoms with van der Waals surface area (Å²) in [5.41, 5.74) is 0.113. The Labute approximate surface area is 122 Å². The van der Waals surface area contributed by atoms with Crippen LogP contribution in [0.5, 0.6) is 5.88 Å². The molecule has 0 unspecified atom stereocenters. The summed E-state index contributed by atoms with van der Waals surface area (Å²) < 4.78 is 5.31. The van der Waals surface area contributed by atoms with E-state index in [1.807, 2.05) is 13.8 Å². The number of aromatic hydroxyl groups is 1. The second kappa shape index (κ2) is 7.10. The molecule has 1 fully saturated rings. The Morgan fingerprint density at radius 1 is 1.45 bits per heavy atom. The molecule has 0 saturated carbocycles. The molecule has 0 aromatic carbocycles. The first kappa shape index (κ1) is 15.3. The highest BCUT2D eigenvalue weighted by atomic mass is 32.2. The second-order valence-electron chi connectivity index (χ2n) is 5.22. The molecule has 1 aromatic rings. The van der Waals surface area contributed by atoms with Crippen molar-refractivity contribution >= 4 is 11.8 Å². The van der Waals surface area contributed by atoms with Gasteiger partial charge in [-0.3, -0.25) is 4.79 Å². The second-order valence-corrected chi connectivity index (χ2v) is 6.31. The van der Waals surface area contributed by atoms with Crippen molar-refractivity contribution in [3.63, 3.8) is 0 Å². The van der Waals surface area contributed by atoms with Crippen LogP contribution in [0.4, 0.5) is 0 Å². The van der Waals surface area contributed by atoms with Gasteiger partial charge in [-0.2, -0.15) is 4.98 Å². The van der Waals surface area contributed by atoms with Crippen LogP contribution < -0.4 is 10.5 Å². The number of thioether (sulfide) groups is 1. The lowest BCUT2D eigenvalue weighted by atomic mass is 10.1. The lowest BCUT2D eigenvalue weighted by molar-refractivity contribution is -0.905. The van der Waals surface area contributed by atoms with Crippen LogP contribution in [0, 0.1) is 0 Å². The molecule has 0 radical (unpaired) electrons. The molecule has 0 atom stereocenters. The van der Waals surface area contributed by atoms with Crippen molar-refractivity contribution in [1.29, 1.82) is 0 Å². The third-order valence-electron chi connectivity index (χ3n) is 3.39. The van der Waals surface area contributed by atoms with E-state index in [4.69, 9.17) is 4.74 Å². The van der Waals surface area contributed by atoms with E-state index in [9.17, 15) is 9.90 Å². The largest absolute Gasteiger partial charge is 0.493 e. The van der Waals surface area contributed by atoms with Gasteiger partial charge < -0.3 is 19.7 Å². The zero-order chi connectivity index (χ0) is 14.5. The quantitative estimate of drug-likeness (QED) is 0.510. The Morgan fingerprint density at radius 3 is 2.75 bits per heavy atom. The van der Waals surface area contributed by atoms with E-state index in [2.05, 4.69) is 9.97 Å². The zero-order valence-corrected chi connectivity index (χ0v) is 12.8. The van der Waals surface area contributed by atoms with Crippen LogP contribution in [0.3, 0.4) is 0 Å². The first-order valence-corrected chi connectivity index (χ1v) is 7.93. The van der Waals surface area contributed by atoms with Crippen LogP contribution in [-0.4, -0.2) is 53.7 Å². The molecule has 3 N–H and O–H groups in total. The molecule has 1 aromatic heterocycles. The van der Waals surface area contributed by atoms with Crippen molar-refractivity contribution in [2.75, 3.05) is 38.6 Å². The van der Waals surface area contributed by atoms with Gasteiger partial charge >= 0.3 is 0 Å². The average Bonchev–Trinajstić information content (AvgIpc) is 2.38. The average molecular weight is 300 g/mol. The number of morpholine rings is 1. The molecular weight excluding hydrogens is 278 g/mol. The maximum Gasteiger partial charge on any atom is 0.258 e. The summed E-state index contributed by atoms with van der Waals surface area (Å²) in [5, 5.41) is 10.3. The minimum absolute atomic E-state index is 0.0388. The van der Waals surface area contributed by atoms with Crippen LogP contribution >= 0.6 is 11.8 Å². The highest BCUT2D eigenvalue weighted by Gasteiger charge is 2.16. The number of hydrogen-bond donors (Lipinski definition) is 3. The van der Waals surface area contributed by atoms with Crippen molar-refractivity contribution in [3.8, 4) is 5.88 Å². The predicted octanol–water partition coefficient (Wildman–Crippen LogP) is -0.394. The van der Waals surface area contributed by atoms with Gasteiger partial charge in [-0.1, -0.05) is 25.6 Å². The van der Waals surface area contributed by atoms with Crippen LogP contribution in [0.25, 0.3) is 0 Å². The smallest absolute Gasteiger partial charge is 0.258 e. The highest BCUT2D eigenvalue weighted by Crippen LogP contribution is 2.21. The SMILES string of the molecule is CC(C)c1c(O)nc(SCC[NH+]2CCOCC2)[nH]c1=O. The molecule has 2 heterocycles. The maximum absolute atomic E-state index is 11.9. The molecule has 112 valence electrons. The van der Waals surface area contributed by atoms with Crippen molar-refractivity contribution in [3.05, 3.63) is 15.9 Å². The summed E-state index contributed by atoms with van der Waals surface area (Å²) in [6.07, 6.45) is 0. The van der Waals surface area contributed by atoms with E-state index in [0.717, 1.165) is 38.6 Å². The first-order valence-electron chi connectivity index (χ1n) is 6.95. The summed E-state index contributed by atoms with van der Waals surface area (Å²) >= 11 is 1.47. The Balaban J connectivity index is 1.91. The van der Waals surface area contributed by atoms with Crippen LogP contribution in [0.2, 0.25) is 0 Å². The fourth-order valence-corrected chi connectivity index (χ4v) is 3.14. The van der Waals surface area contributed by atoms with Gasteiger partial charge in [0.15, 0.2) is 5.16 Å². The summed E-state index contributed by atoms with van der Waals surface area (Å²) in [6.45, 7) is 8.42. The molecule has 6 nitrogen and oxygen atoms in total. The zero-order valence-electron chi connectivity index (χ0n) is 11.9. The van der Waals surface area contributed by atoms with Crippen molar-refractivity contribution in [2.24, 2.45) is 0 Å². The standard InChI is InChI=1S/C13H21N3O3S/c1-9(2)10-11(17)14-13(15-12(10)18)20-8-5-16-3-6-19-7-4-16/h9H,3-8H2,1-2H3,(H2,14,15,17,18)/p+1. The van der Waals surface area contributed by atoms with Gasteiger partial charge in [0.05, 0.1) is 31.1 Å². The molecule has 1 aliphatic heterocycles. The molecule has 0 spiro atoms. The molecule has 1 saturated heterocycles. The fourth-order valence-electron chi connectivity index (χ4n) is 2.24. The van der Waals surface area contributed by atoms with E-state index in [0.29, 0.717) is 10.7 Å². The van der Waals surface area contributed by atoms with E-state index in [1.165, 1.54) is 16.7 Å². The van der Waals surface area contributed by atoms with Gasteiger partial charge in [0.25, 0.3) is 5.56 Å². The molecule has 7 heteroatoms. The third kappa shape index (κ3) is 3.97. The normalized spacial score (nSPS) is 16.8. The number of rotatable bonds is 5. The molecule has 20 heavy (non-hydrogen) atoms. The van der Waals surface area contributed by atoms with E-state index < -0.39 is 0 Å². The lowest BCUT2D eigenvalue weighted by Crippen LogP contribution is -3.14. The summed E-state index contributed by atoms with van der Waals surface area (Å²) in [5.74, 6) is 0.673. The Bertz CT molecular complexity index is 498. The number of nitrogens with one attached hydrogen (secondary N) is 2. The Kier molecular flexibility index (Phi) is 5.45. The van der Waals surface area contributed by atoms with Crippen LogP contribution in [0.15, 0.2) is 9.95 Å². The molecule has 1 aliphatic rings. The molecule has 0 aliphatic carbocycles. The summed E-state index contributed by atoms with van der Waals surface area (Å²) in [7, 11) is 0. The number of aromatic amines is 1. The maximum atomic E-state index is 11.9. The number of ether oxygens (including phenoxy) is 1. The summed E-state index contributed by atoms with van der Waals surface area (Å²) in [6, 6.07) is 0. The van der Waals surface area contributed by atoms with Crippen LogP contribution in [-0.2, 0) is 4.74 Å². The lowest BCUT2D eigenvalue weighted by Gasteiger charge is -2.23. The topological polar surface area (TPSA) is 79.7 Å². The minimum Gasteiger partial charge on any atom is -0.493 e. The first-order chi connectivity index (χ1) is 9.58. The molecule has 0 bridgehead atoms. The monoisotopic (exact) mass is 300 g/mol. The van der Waals surface area contributed by atoms with E-state index >= 15 is 0 Å². The minimum atomic E-state index is -0.242. The van der Waals surface area contributed by atoms with Gasteiger partial charge in [0, 0.05) is 0 Å². The number of hydrogen-bond acceptors (Lipinski definition) is 5. The number of nitrogens with zero attached hydrogens (tertiary/aromatic N) is 1. The van der Waals surface area contributed by atoms with Gasteiger partial charge in [-0.05, 0) is 5.92 Å². The molecule has 2 rings (SSSR count). The molecule has 0 amide bonds. The molecular formula is C13H22N3O3S+. The van der Waals surface area contributed by atoms with Crippen molar-refractivity contribution in [1.82, 2.24) is 9.97 Å². The number of quaternary nitrogens is 1. The predicted molar refractivity (Wildman–Crippen MR) is 77.7 cm³/mol. The van der Waals surface area contributed by atoms with Gasteiger partial charge in [-0.25, -0.2) is 0 Å². The summed E-state index contributed by atoms with van der Waals surface area (Å²) in [4.78, 5) is 20.2. The van der Waals surface area contributed by atoms with Gasteiger partial charge in [0.2, 0.25) is 5.88 Å². The number of aromatic nitrogens is 2. The van der Waals surface area contributed by atoms with E-state index in [-0.39, 0.29) is 17.4 Å². The highest BCUT2D eigenvalue weighted by molar-refractivity contribution is 7.99. The Hall–Kier alpha value is -1.05. The van der Waals surface area contributed by atoms with Crippen LogP contribution in [0.1, 0.15) is 25.3 Å². The van der Waals surface area contributed by atoms with E-state index in [1.54, 1.807) is 0 Å². The van der Waals surface area contributed by atoms with Gasteiger partial charge in [-0.15, -0.1) is 0 Å². The van der Waals surface area contributed by atoms with Gasteiger partial charge in [0.1, 0.15) is 13.1 Å². The Morgan fingerprint density at radius 2 is 2.15 bits per heavy atom. The number of H-pyrrole nitrogens is 1. The van der Waals surface area contributed by atoms with Crippen molar-refractivity contribution in [2.45, 2.75) is 24.9 Å². The third-order valence-corrected chi connectivity index (χ3v) is 4.26. The van der Waals surface area contributed by atoms with Crippen molar-refractivity contribution < 1.29 is 14.7 Å². The fraction of sp³-hybridized carbons (Fsp3) is 0.692.